The van der Waals surface area contributed by atoms with Crippen LogP contribution in [0.2, 0.25) is 0 Å². The van der Waals surface area contributed by atoms with Gasteiger partial charge < -0.3 is 30.6 Å². The Morgan fingerprint density at radius 3 is 2.81 bits per heavy atom. The maximum absolute atomic E-state index is 13.1. The minimum Gasteiger partial charge on any atom is -0.489 e. The van der Waals surface area contributed by atoms with E-state index in [0.717, 1.165) is 6.20 Å². The van der Waals surface area contributed by atoms with Gasteiger partial charge in [-0.2, -0.15) is 13.2 Å². The first-order valence-electron chi connectivity index (χ1n) is 9.32. The van der Waals surface area contributed by atoms with Crippen LogP contribution in [0.5, 0.6) is 0 Å². The molecular formula is C20H21F3N4O4. The molecule has 4 N–H and O–H groups in total. The Bertz CT molecular complexity index is 956. The lowest BCUT2D eigenvalue weighted by Gasteiger charge is -2.19. The molecule has 2 atom stereocenters. The summed E-state index contributed by atoms with van der Waals surface area (Å²) in [7, 11) is 1.49. The van der Waals surface area contributed by atoms with Gasteiger partial charge in [-0.25, -0.2) is 0 Å². The third kappa shape index (κ3) is 5.30. The Kier molecular flexibility index (Phi) is 6.76. The normalized spacial score (nSPS) is 22.7. The highest BCUT2D eigenvalue weighted by Gasteiger charge is 2.35. The van der Waals surface area contributed by atoms with Crippen molar-refractivity contribution in [2.75, 3.05) is 20.3 Å². The maximum Gasteiger partial charge on any atom is 0.433 e. The van der Waals surface area contributed by atoms with Crippen molar-refractivity contribution < 1.29 is 32.5 Å². The average molecular weight is 438 g/mol. The van der Waals surface area contributed by atoms with Crippen LogP contribution in [0.15, 0.2) is 53.6 Å². The van der Waals surface area contributed by atoms with E-state index in [-0.39, 0.29) is 41.5 Å². The lowest BCUT2D eigenvalue weighted by molar-refractivity contribution is -0.142. The van der Waals surface area contributed by atoms with E-state index in [0.29, 0.717) is 0 Å². The largest absolute Gasteiger partial charge is 0.489 e. The zero-order valence-electron chi connectivity index (χ0n) is 16.5. The monoisotopic (exact) mass is 438 g/mol. The number of aromatic nitrogens is 1. The van der Waals surface area contributed by atoms with Crippen LogP contribution >= 0.6 is 0 Å². The van der Waals surface area contributed by atoms with Crippen LogP contribution in [0.25, 0.3) is 0 Å². The molecular weight excluding hydrogens is 417 g/mol. The quantitative estimate of drug-likeness (QED) is 0.500. The van der Waals surface area contributed by atoms with E-state index in [2.05, 4.69) is 15.6 Å². The van der Waals surface area contributed by atoms with Gasteiger partial charge >= 0.3 is 6.18 Å². The van der Waals surface area contributed by atoms with Gasteiger partial charge in [0.1, 0.15) is 18.1 Å². The molecule has 0 unspecified atom stereocenters. The Hall–Kier alpha value is -3.18. The van der Waals surface area contributed by atoms with Gasteiger partial charge in [0.15, 0.2) is 5.69 Å². The van der Waals surface area contributed by atoms with Gasteiger partial charge in [0.25, 0.3) is 5.91 Å². The standard InChI is InChI=1S/C20H21F3N4O4/c1-25-17(19(29)27-15-9-30-10-16(15)28)13-7-12(4-5-14(13)24)31-8-11-3-2-6-26-18(11)20(21,22)23/h2-7,15-16,24-25,28H,8-10H2,1H3,(H,27,29)/b17-13-,24-14?/t15-,16+/m1/s1. The number of likely N-dealkylation sites (N-methyl/N-ethyl adjacent to an activating group) is 1. The molecule has 31 heavy (non-hydrogen) atoms. The molecule has 1 fully saturated rings. The van der Waals surface area contributed by atoms with Crippen LogP contribution in [0.3, 0.4) is 0 Å². The van der Waals surface area contributed by atoms with Crippen molar-refractivity contribution >= 4 is 11.6 Å². The summed E-state index contributed by atoms with van der Waals surface area (Å²) < 4.78 is 49.9. The molecule has 2 aliphatic rings. The van der Waals surface area contributed by atoms with E-state index in [1.54, 1.807) is 0 Å². The number of allylic oxidation sites excluding steroid dienone is 4. The van der Waals surface area contributed by atoms with Crippen molar-refractivity contribution in [3.8, 4) is 0 Å². The molecule has 1 saturated heterocycles. The maximum atomic E-state index is 13.1. The highest BCUT2D eigenvalue weighted by atomic mass is 19.4. The summed E-state index contributed by atoms with van der Waals surface area (Å²) >= 11 is 0. The molecule has 0 radical (unpaired) electrons. The summed E-state index contributed by atoms with van der Waals surface area (Å²) in [5.41, 5.74) is -0.934. The second-order valence-corrected chi connectivity index (χ2v) is 6.81. The van der Waals surface area contributed by atoms with E-state index in [1.165, 1.54) is 37.4 Å². The number of carbonyl (C=O) groups excluding carboxylic acids is 1. The third-order valence-electron chi connectivity index (χ3n) is 4.66. The second-order valence-electron chi connectivity index (χ2n) is 6.81. The average Bonchev–Trinajstić information content (AvgIpc) is 3.12. The predicted molar refractivity (Wildman–Crippen MR) is 104 cm³/mol. The fourth-order valence-electron chi connectivity index (χ4n) is 3.08. The summed E-state index contributed by atoms with van der Waals surface area (Å²) in [5, 5.41) is 23.3. The van der Waals surface area contributed by atoms with Crippen molar-refractivity contribution in [3.63, 3.8) is 0 Å². The van der Waals surface area contributed by atoms with Crippen molar-refractivity contribution in [3.05, 3.63) is 64.8 Å². The van der Waals surface area contributed by atoms with Gasteiger partial charge in [-0.05, 0) is 24.3 Å². The highest BCUT2D eigenvalue weighted by molar-refractivity contribution is 6.14. The molecule has 8 nitrogen and oxygen atoms in total. The van der Waals surface area contributed by atoms with Crippen molar-refractivity contribution in [2.45, 2.75) is 24.9 Å². The molecule has 0 saturated carbocycles. The number of nitrogens with one attached hydrogen (secondary N) is 3. The molecule has 0 aromatic carbocycles. The zero-order chi connectivity index (χ0) is 22.6. The fourth-order valence-corrected chi connectivity index (χ4v) is 3.08. The second kappa shape index (κ2) is 9.31. The van der Waals surface area contributed by atoms with Gasteiger partial charge in [0.05, 0.1) is 31.1 Å². The number of aliphatic hydroxyl groups excluding tert-OH is 1. The van der Waals surface area contributed by atoms with Gasteiger partial charge in [-0.15, -0.1) is 0 Å². The molecule has 11 heteroatoms. The van der Waals surface area contributed by atoms with E-state index >= 15 is 0 Å². The van der Waals surface area contributed by atoms with Crippen LogP contribution in [0.4, 0.5) is 13.2 Å². The number of ether oxygens (including phenoxy) is 2. The van der Waals surface area contributed by atoms with E-state index in [1.807, 2.05) is 0 Å². The summed E-state index contributed by atoms with van der Waals surface area (Å²) in [6.45, 7) is -0.124. The molecule has 1 aromatic rings. The van der Waals surface area contributed by atoms with Gasteiger partial charge in [0.2, 0.25) is 0 Å². The third-order valence-corrected chi connectivity index (χ3v) is 4.66. The van der Waals surface area contributed by atoms with Crippen molar-refractivity contribution in [1.29, 1.82) is 5.41 Å². The highest BCUT2D eigenvalue weighted by Crippen LogP contribution is 2.31. The summed E-state index contributed by atoms with van der Waals surface area (Å²) in [6, 6.07) is 2.06. The lowest BCUT2D eigenvalue weighted by atomic mass is 10.0. The zero-order valence-corrected chi connectivity index (χ0v) is 16.5. The molecule has 1 amide bonds. The molecule has 1 aliphatic carbocycles. The number of alkyl halides is 3. The summed E-state index contributed by atoms with van der Waals surface area (Å²) in [4.78, 5) is 16.0. The number of carbonyl (C=O) groups is 1. The minimum atomic E-state index is -4.62. The van der Waals surface area contributed by atoms with Crippen LogP contribution in [-0.4, -0.2) is 54.1 Å². The molecule has 2 heterocycles. The van der Waals surface area contributed by atoms with Crippen LogP contribution in [-0.2, 0) is 27.1 Å². The van der Waals surface area contributed by atoms with Gasteiger partial charge in [-0.1, -0.05) is 6.07 Å². The molecule has 1 aromatic heterocycles. The lowest BCUT2D eigenvalue weighted by Crippen LogP contribution is -2.45. The van der Waals surface area contributed by atoms with Crippen LogP contribution in [0.1, 0.15) is 11.3 Å². The number of rotatable bonds is 6. The Morgan fingerprint density at radius 1 is 1.39 bits per heavy atom. The number of hydrogen-bond acceptors (Lipinski definition) is 7. The first-order chi connectivity index (χ1) is 14.7. The Balaban J connectivity index is 1.79. The van der Waals surface area contributed by atoms with E-state index < -0.39 is 36.5 Å². The number of nitrogens with zero attached hydrogens (tertiary/aromatic N) is 1. The number of amides is 1. The molecule has 0 spiro atoms. The number of aliphatic hydroxyl groups is 1. The Labute approximate surface area is 176 Å². The first kappa shape index (κ1) is 22.5. The van der Waals surface area contributed by atoms with Crippen molar-refractivity contribution in [2.24, 2.45) is 0 Å². The molecule has 3 rings (SSSR count). The van der Waals surface area contributed by atoms with E-state index in [4.69, 9.17) is 14.9 Å². The van der Waals surface area contributed by atoms with Crippen LogP contribution in [0, 0.1) is 5.41 Å². The topological polar surface area (TPSA) is 117 Å². The molecule has 0 bridgehead atoms. The van der Waals surface area contributed by atoms with Crippen LogP contribution < -0.4 is 10.6 Å². The van der Waals surface area contributed by atoms with Gasteiger partial charge in [0, 0.05) is 24.4 Å². The predicted octanol–water partition coefficient (Wildman–Crippen LogP) is 1.44. The SMILES string of the molecule is CN/C(C(=O)N[C@@H]1COC[C@@H]1O)=C1/C=C(OCc2cccnc2C(F)(F)F)C=CC1=N. The smallest absolute Gasteiger partial charge is 0.433 e. The number of hydrogen-bond donors (Lipinski definition) is 4. The summed E-state index contributed by atoms with van der Waals surface area (Å²) in [5.74, 6) is -0.387. The minimum absolute atomic E-state index is 0.00688. The van der Waals surface area contributed by atoms with E-state index in [9.17, 15) is 23.1 Å². The Morgan fingerprint density at radius 2 is 2.16 bits per heavy atom. The fraction of sp³-hybridized carbons (Fsp3) is 0.350. The summed E-state index contributed by atoms with van der Waals surface area (Å²) in [6.07, 6.45) is -0.214. The van der Waals surface area contributed by atoms with Crippen molar-refractivity contribution in [1.82, 2.24) is 15.6 Å². The number of pyridine rings is 1. The first-order valence-corrected chi connectivity index (χ1v) is 9.32. The number of halogens is 3. The molecule has 166 valence electrons. The van der Waals surface area contributed by atoms with Gasteiger partial charge in [-0.3, -0.25) is 9.78 Å². The molecule has 1 aliphatic heterocycles.